The van der Waals surface area contributed by atoms with Crippen molar-refractivity contribution in [1.29, 1.82) is 0 Å². The zero-order valence-corrected chi connectivity index (χ0v) is 21.1. The third-order valence-corrected chi connectivity index (χ3v) is 7.43. The van der Waals surface area contributed by atoms with Crippen molar-refractivity contribution in [1.82, 2.24) is 35.7 Å². The summed E-state index contributed by atoms with van der Waals surface area (Å²) in [5, 5.41) is 10.7. The van der Waals surface area contributed by atoms with Crippen LogP contribution in [-0.2, 0) is 19.3 Å². The Balaban J connectivity index is 1.25. The van der Waals surface area contributed by atoms with Gasteiger partial charge in [0.1, 0.15) is 0 Å². The number of alkyl halides is 4. The maximum Gasteiger partial charge on any atom is 0.435 e. The highest BCUT2D eigenvalue weighted by molar-refractivity contribution is 6.20. The van der Waals surface area contributed by atoms with E-state index in [2.05, 4.69) is 26.4 Å². The van der Waals surface area contributed by atoms with Gasteiger partial charge in [-0.25, -0.2) is 0 Å². The van der Waals surface area contributed by atoms with E-state index in [9.17, 15) is 18.0 Å². The summed E-state index contributed by atoms with van der Waals surface area (Å²) in [6.07, 6.45) is 2.75. The average Bonchev–Trinajstić information content (AvgIpc) is 3.57. The molecule has 4 atom stereocenters. The molecule has 3 aromatic rings. The Hall–Kier alpha value is -2.89. The molecule has 3 N–H and O–H groups in total. The number of halogens is 4. The maximum atomic E-state index is 13.7. The van der Waals surface area contributed by atoms with E-state index in [0.29, 0.717) is 6.54 Å². The lowest BCUT2D eigenvalue weighted by molar-refractivity contribution is -0.141. The van der Waals surface area contributed by atoms with Gasteiger partial charge in [-0.2, -0.15) is 23.4 Å². The molecule has 12 heteroatoms. The SMILES string of the molecule is Cc1cnn(Cc2ccc(Cn3cc(C(=O)NCC4NNC5CCC(Cl)CC54)c(C(F)(F)F)n3)cc2)c1. The van der Waals surface area contributed by atoms with Gasteiger partial charge < -0.3 is 5.32 Å². The minimum atomic E-state index is -4.75. The van der Waals surface area contributed by atoms with Crippen LogP contribution in [0.1, 0.15) is 52.0 Å². The third-order valence-electron chi connectivity index (χ3n) is 7.04. The van der Waals surface area contributed by atoms with Gasteiger partial charge in [0.2, 0.25) is 0 Å². The molecule has 2 fully saturated rings. The van der Waals surface area contributed by atoms with E-state index >= 15 is 0 Å². The van der Waals surface area contributed by atoms with Gasteiger partial charge in [-0.05, 0) is 48.8 Å². The van der Waals surface area contributed by atoms with E-state index in [-0.39, 0.29) is 36.5 Å². The van der Waals surface area contributed by atoms with Crippen LogP contribution in [0, 0.1) is 12.8 Å². The molecule has 2 aliphatic rings. The first-order valence-electron chi connectivity index (χ1n) is 12.3. The van der Waals surface area contributed by atoms with Crippen LogP contribution in [0.3, 0.4) is 0 Å². The van der Waals surface area contributed by atoms with Gasteiger partial charge in [-0.3, -0.25) is 25.0 Å². The van der Waals surface area contributed by atoms with Crippen LogP contribution in [0.4, 0.5) is 13.2 Å². The van der Waals surface area contributed by atoms with Crippen LogP contribution in [-0.4, -0.2) is 49.5 Å². The third kappa shape index (κ3) is 6.00. The number of carbonyl (C=O) groups is 1. The van der Waals surface area contributed by atoms with Gasteiger partial charge in [0.05, 0.1) is 24.8 Å². The molecule has 8 nitrogen and oxygen atoms in total. The summed E-state index contributed by atoms with van der Waals surface area (Å²) in [6.45, 7) is 2.85. The lowest BCUT2D eigenvalue weighted by Crippen LogP contribution is -2.43. The van der Waals surface area contributed by atoms with Crippen LogP contribution >= 0.6 is 11.6 Å². The molecule has 2 aromatic heterocycles. The van der Waals surface area contributed by atoms with Gasteiger partial charge >= 0.3 is 6.18 Å². The molecular formula is C25H29ClF3N7O. The number of hydrazine groups is 1. The number of benzene rings is 1. The van der Waals surface area contributed by atoms with Gasteiger partial charge in [0.15, 0.2) is 5.69 Å². The van der Waals surface area contributed by atoms with E-state index in [1.165, 1.54) is 0 Å². The zero-order chi connectivity index (χ0) is 26.2. The molecule has 1 saturated heterocycles. The summed E-state index contributed by atoms with van der Waals surface area (Å²) in [6, 6.07) is 7.62. The van der Waals surface area contributed by atoms with Crippen LogP contribution in [0.25, 0.3) is 0 Å². The minimum absolute atomic E-state index is 0.0695. The fourth-order valence-electron chi connectivity index (χ4n) is 5.15. The van der Waals surface area contributed by atoms with Gasteiger partial charge in [-0.15, -0.1) is 11.6 Å². The number of amides is 1. The molecule has 1 saturated carbocycles. The number of hydrogen-bond donors (Lipinski definition) is 3. The number of hydrogen-bond acceptors (Lipinski definition) is 5. The second-order valence-corrected chi connectivity index (χ2v) is 10.5. The van der Waals surface area contributed by atoms with Crippen molar-refractivity contribution < 1.29 is 18.0 Å². The second-order valence-electron chi connectivity index (χ2n) is 9.90. The number of rotatable bonds is 7. The summed E-state index contributed by atoms with van der Waals surface area (Å²) in [5.74, 6) is -0.589. The Morgan fingerprint density at radius 1 is 1.11 bits per heavy atom. The smallest absolute Gasteiger partial charge is 0.350 e. The number of fused-ring (bicyclic) bond motifs is 1. The van der Waals surface area contributed by atoms with E-state index in [4.69, 9.17) is 11.6 Å². The minimum Gasteiger partial charge on any atom is -0.350 e. The van der Waals surface area contributed by atoms with E-state index in [0.717, 1.165) is 46.8 Å². The molecule has 5 rings (SSSR count). The highest BCUT2D eigenvalue weighted by Crippen LogP contribution is 2.33. The summed E-state index contributed by atoms with van der Waals surface area (Å²) in [4.78, 5) is 12.8. The monoisotopic (exact) mass is 535 g/mol. The quantitative estimate of drug-likeness (QED) is 0.403. The summed E-state index contributed by atoms with van der Waals surface area (Å²) >= 11 is 6.31. The van der Waals surface area contributed by atoms with Crippen LogP contribution < -0.4 is 16.2 Å². The Kier molecular flexibility index (Phi) is 7.28. The Labute approximate surface area is 217 Å². The van der Waals surface area contributed by atoms with Crippen molar-refractivity contribution in [2.45, 2.75) is 62.9 Å². The topological polar surface area (TPSA) is 88.8 Å². The number of nitrogens with zero attached hydrogens (tertiary/aromatic N) is 4. The molecule has 37 heavy (non-hydrogen) atoms. The second kappa shape index (κ2) is 10.5. The Morgan fingerprint density at radius 2 is 1.81 bits per heavy atom. The van der Waals surface area contributed by atoms with E-state index < -0.39 is 23.3 Å². The molecule has 3 heterocycles. The van der Waals surface area contributed by atoms with Gasteiger partial charge in [0.25, 0.3) is 5.91 Å². The Bertz CT molecular complexity index is 1240. The van der Waals surface area contributed by atoms with Crippen LogP contribution in [0.15, 0.2) is 42.9 Å². The van der Waals surface area contributed by atoms with Crippen molar-refractivity contribution in [2.75, 3.05) is 6.54 Å². The first-order chi connectivity index (χ1) is 17.7. The molecule has 1 amide bonds. The average molecular weight is 536 g/mol. The number of nitrogens with one attached hydrogen (secondary N) is 3. The predicted molar refractivity (Wildman–Crippen MR) is 132 cm³/mol. The first-order valence-corrected chi connectivity index (χ1v) is 12.7. The molecule has 0 spiro atoms. The summed E-state index contributed by atoms with van der Waals surface area (Å²) < 4.78 is 44.2. The fourth-order valence-corrected chi connectivity index (χ4v) is 5.48. The van der Waals surface area contributed by atoms with Crippen LogP contribution in [0.5, 0.6) is 0 Å². The van der Waals surface area contributed by atoms with E-state index in [1.54, 1.807) is 6.20 Å². The van der Waals surface area contributed by atoms with Crippen molar-refractivity contribution in [2.24, 2.45) is 5.92 Å². The molecule has 198 valence electrons. The van der Waals surface area contributed by atoms with Crippen molar-refractivity contribution in [3.63, 3.8) is 0 Å². The van der Waals surface area contributed by atoms with Crippen molar-refractivity contribution >= 4 is 17.5 Å². The lowest BCUT2D eigenvalue weighted by atomic mass is 9.81. The zero-order valence-electron chi connectivity index (χ0n) is 20.3. The summed E-state index contributed by atoms with van der Waals surface area (Å²) in [7, 11) is 0. The highest BCUT2D eigenvalue weighted by Gasteiger charge is 2.41. The standard InChI is InChI=1S/C25H29ClF3N7O/c1-15-9-31-35(11-15)12-16-2-4-17(5-3-16)13-36-14-20(23(34-36)25(27,28)29)24(37)30-10-22-19-8-18(26)6-7-21(19)32-33-22/h2-5,9,11,14,18-19,21-22,32-33H,6-8,10,12-13H2,1H3,(H,30,37). The molecular weight excluding hydrogens is 507 g/mol. The van der Waals surface area contributed by atoms with Gasteiger partial charge in [-0.1, -0.05) is 24.3 Å². The predicted octanol–water partition coefficient (Wildman–Crippen LogP) is 3.49. The molecule has 4 unspecified atom stereocenters. The summed E-state index contributed by atoms with van der Waals surface area (Å²) in [5.41, 5.74) is 7.54. The molecule has 1 aromatic carbocycles. The van der Waals surface area contributed by atoms with Crippen molar-refractivity contribution in [3.8, 4) is 0 Å². The van der Waals surface area contributed by atoms with Crippen LogP contribution in [0.2, 0.25) is 0 Å². The number of aromatic nitrogens is 4. The number of aryl methyl sites for hydroxylation is 1. The molecule has 1 aliphatic heterocycles. The molecule has 0 bridgehead atoms. The molecule has 0 radical (unpaired) electrons. The Morgan fingerprint density at radius 3 is 2.46 bits per heavy atom. The number of carbonyl (C=O) groups excluding carboxylic acids is 1. The first kappa shape index (κ1) is 25.7. The normalized spacial score (nSPS) is 23.7. The maximum absolute atomic E-state index is 13.7. The largest absolute Gasteiger partial charge is 0.435 e. The lowest BCUT2D eigenvalue weighted by Gasteiger charge is -2.30. The van der Waals surface area contributed by atoms with Crippen molar-refractivity contribution in [3.05, 3.63) is 70.8 Å². The van der Waals surface area contributed by atoms with Gasteiger partial charge in [0, 0.05) is 36.4 Å². The van der Waals surface area contributed by atoms with E-state index in [1.807, 2.05) is 42.1 Å². The molecule has 1 aliphatic carbocycles. The fraction of sp³-hybridized carbons (Fsp3) is 0.480. The highest BCUT2D eigenvalue weighted by atomic mass is 35.5.